The molecule has 2 heterocycles. The molecule has 10 heteroatoms. The van der Waals surface area contributed by atoms with Crippen molar-refractivity contribution < 1.29 is 18.4 Å². The summed E-state index contributed by atoms with van der Waals surface area (Å²) in [5.41, 5.74) is 1.09. The van der Waals surface area contributed by atoms with Crippen LogP contribution in [0.3, 0.4) is 0 Å². The summed E-state index contributed by atoms with van der Waals surface area (Å²) in [5.74, 6) is -2.13. The van der Waals surface area contributed by atoms with Gasteiger partial charge in [-0.2, -0.15) is 0 Å². The Kier molecular flexibility index (Phi) is 5.88. The first-order valence-electron chi connectivity index (χ1n) is 9.44. The Labute approximate surface area is 187 Å². The molecular weight excluding hydrogens is 446 g/mol. The van der Waals surface area contributed by atoms with Crippen LogP contribution in [0.5, 0.6) is 0 Å². The molecule has 31 heavy (non-hydrogen) atoms. The fourth-order valence-electron chi connectivity index (χ4n) is 3.45. The Morgan fingerprint density at radius 1 is 0.968 bits per heavy atom. The molecule has 0 atom stereocenters. The number of nitrogens with one attached hydrogen (secondary N) is 1. The quantitative estimate of drug-likeness (QED) is 0.431. The van der Waals surface area contributed by atoms with Crippen LogP contribution >= 0.6 is 23.8 Å². The van der Waals surface area contributed by atoms with Crippen molar-refractivity contribution in [1.82, 2.24) is 10.2 Å². The Morgan fingerprint density at radius 3 is 2.26 bits per heavy atom. The molecular formula is C21H17ClF2N4O2S. The minimum atomic E-state index is -0.625. The van der Waals surface area contributed by atoms with Crippen molar-refractivity contribution in [2.45, 2.75) is 0 Å². The monoisotopic (exact) mass is 462 g/mol. The van der Waals surface area contributed by atoms with Crippen molar-refractivity contribution in [2.75, 3.05) is 36.0 Å². The van der Waals surface area contributed by atoms with E-state index in [1.54, 1.807) is 12.1 Å². The summed E-state index contributed by atoms with van der Waals surface area (Å²) in [6.45, 7) is 2.41. The van der Waals surface area contributed by atoms with E-state index in [1.807, 2.05) is 4.90 Å². The summed E-state index contributed by atoms with van der Waals surface area (Å²) in [7, 11) is 0. The topological polar surface area (TPSA) is 55.9 Å². The molecule has 160 valence electrons. The Bertz CT molecular complexity index is 1090. The zero-order chi connectivity index (χ0) is 22.1. The molecule has 2 aromatic carbocycles. The minimum Gasteiger partial charge on any atom is -0.373 e. The molecule has 2 saturated heterocycles. The van der Waals surface area contributed by atoms with Crippen LogP contribution in [0.4, 0.5) is 20.2 Å². The number of carbonyl (C=O) groups excluding carboxylic acids is 2. The molecule has 0 saturated carbocycles. The first-order valence-corrected chi connectivity index (χ1v) is 10.2. The maximum atomic E-state index is 13.5. The van der Waals surface area contributed by atoms with Gasteiger partial charge in [-0.1, -0.05) is 11.6 Å². The summed E-state index contributed by atoms with van der Waals surface area (Å²) in [6, 6.07) is 10.0. The largest absolute Gasteiger partial charge is 0.373 e. The van der Waals surface area contributed by atoms with Crippen LogP contribution in [-0.2, 0) is 9.59 Å². The number of anilines is 2. The molecule has 0 radical (unpaired) electrons. The number of piperazine rings is 1. The average Bonchev–Trinajstić information content (AvgIpc) is 2.74. The predicted molar refractivity (Wildman–Crippen MR) is 118 cm³/mol. The van der Waals surface area contributed by atoms with E-state index in [0.29, 0.717) is 26.2 Å². The van der Waals surface area contributed by atoms with Gasteiger partial charge < -0.3 is 9.80 Å². The third-order valence-electron chi connectivity index (χ3n) is 5.08. The SMILES string of the molecule is O=C1NC(=S)N(c2ccc(F)c(Cl)c2)C(=O)/C1=C\N1CCN(c2ccc(F)cc2)CC1. The van der Waals surface area contributed by atoms with E-state index >= 15 is 0 Å². The molecule has 2 fully saturated rings. The van der Waals surface area contributed by atoms with Crippen LogP contribution in [0.15, 0.2) is 54.2 Å². The van der Waals surface area contributed by atoms with Crippen LogP contribution in [0.25, 0.3) is 0 Å². The zero-order valence-corrected chi connectivity index (χ0v) is 17.7. The number of rotatable bonds is 3. The summed E-state index contributed by atoms with van der Waals surface area (Å²) >= 11 is 11.0. The van der Waals surface area contributed by atoms with Crippen LogP contribution in [-0.4, -0.2) is 48.0 Å². The van der Waals surface area contributed by atoms with Gasteiger partial charge in [0.2, 0.25) is 0 Å². The van der Waals surface area contributed by atoms with Crippen molar-refractivity contribution in [3.63, 3.8) is 0 Å². The van der Waals surface area contributed by atoms with E-state index in [1.165, 1.54) is 30.5 Å². The zero-order valence-electron chi connectivity index (χ0n) is 16.1. The summed E-state index contributed by atoms with van der Waals surface area (Å²) in [4.78, 5) is 30.5. The van der Waals surface area contributed by atoms with Gasteiger partial charge in [-0.05, 0) is 54.7 Å². The lowest BCUT2D eigenvalue weighted by molar-refractivity contribution is -0.122. The van der Waals surface area contributed by atoms with Gasteiger partial charge >= 0.3 is 0 Å². The van der Waals surface area contributed by atoms with Crippen molar-refractivity contribution in [3.8, 4) is 0 Å². The summed E-state index contributed by atoms with van der Waals surface area (Å²) in [6.07, 6.45) is 1.51. The highest BCUT2D eigenvalue weighted by atomic mass is 35.5. The molecule has 0 unspecified atom stereocenters. The minimum absolute atomic E-state index is 0.0794. The molecule has 2 aliphatic heterocycles. The second-order valence-corrected chi connectivity index (χ2v) is 7.83. The highest BCUT2D eigenvalue weighted by molar-refractivity contribution is 7.80. The van der Waals surface area contributed by atoms with E-state index in [4.69, 9.17) is 23.8 Å². The van der Waals surface area contributed by atoms with E-state index in [9.17, 15) is 18.4 Å². The smallest absolute Gasteiger partial charge is 0.271 e. The highest BCUT2D eigenvalue weighted by Crippen LogP contribution is 2.26. The molecule has 1 N–H and O–H groups in total. The molecule has 2 aromatic rings. The lowest BCUT2D eigenvalue weighted by Gasteiger charge is -2.36. The number of halogens is 3. The predicted octanol–water partition coefficient (Wildman–Crippen LogP) is 3.07. The maximum Gasteiger partial charge on any atom is 0.271 e. The van der Waals surface area contributed by atoms with Gasteiger partial charge in [-0.25, -0.2) is 8.78 Å². The number of nitrogens with zero attached hydrogens (tertiary/aromatic N) is 3. The van der Waals surface area contributed by atoms with Crippen molar-refractivity contribution in [3.05, 3.63) is 70.9 Å². The third-order valence-corrected chi connectivity index (χ3v) is 5.66. The Hall–Kier alpha value is -3.04. The van der Waals surface area contributed by atoms with Gasteiger partial charge in [-0.3, -0.25) is 19.8 Å². The first-order chi connectivity index (χ1) is 14.8. The molecule has 6 nitrogen and oxygen atoms in total. The number of thiocarbonyl (C=S) groups is 1. The number of benzene rings is 2. The molecule has 2 amide bonds. The van der Waals surface area contributed by atoms with Gasteiger partial charge in [0, 0.05) is 38.1 Å². The molecule has 0 spiro atoms. The van der Waals surface area contributed by atoms with Gasteiger partial charge in [0.05, 0.1) is 10.7 Å². The van der Waals surface area contributed by atoms with Crippen LogP contribution in [0.1, 0.15) is 0 Å². The lowest BCUT2D eigenvalue weighted by atomic mass is 10.1. The Morgan fingerprint density at radius 2 is 1.61 bits per heavy atom. The van der Waals surface area contributed by atoms with E-state index in [2.05, 4.69) is 10.2 Å². The standard InChI is InChI=1S/C21H17ClF2N4O2S/c22-17-11-15(5-6-18(17)24)28-20(30)16(19(29)25-21(28)31)12-26-7-9-27(10-8-26)14-3-1-13(23)2-4-14/h1-6,11-12H,7-10H2,(H,25,29,31)/b16-12-. The third kappa shape index (κ3) is 4.38. The fraction of sp³-hybridized carbons (Fsp3) is 0.190. The fourth-order valence-corrected chi connectivity index (χ4v) is 3.90. The van der Waals surface area contributed by atoms with Gasteiger partial charge in [0.25, 0.3) is 11.8 Å². The van der Waals surface area contributed by atoms with Crippen LogP contribution in [0, 0.1) is 11.6 Å². The number of hydrogen-bond donors (Lipinski definition) is 1. The highest BCUT2D eigenvalue weighted by Gasteiger charge is 2.35. The van der Waals surface area contributed by atoms with E-state index < -0.39 is 17.6 Å². The molecule has 2 aliphatic rings. The molecule has 4 rings (SSSR count). The lowest BCUT2D eigenvalue weighted by Crippen LogP contribution is -2.55. The number of carbonyl (C=O) groups is 2. The van der Waals surface area contributed by atoms with E-state index in [-0.39, 0.29) is 27.2 Å². The first kappa shape index (κ1) is 21.2. The van der Waals surface area contributed by atoms with Crippen LogP contribution in [0.2, 0.25) is 5.02 Å². The number of amides is 2. The van der Waals surface area contributed by atoms with Crippen LogP contribution < -0.4 is 15.1 Å². The normalized spacial score (nSPS) is 18.6. The second-order valence-electron chi connectivity index (χ2n) is 7.04. The van der Waals surface area contributed by atoms with E-state index in [0.717, 1.165) is 16.7 Å². The average molecular weight is 463 g/mol. The number of hydrogen-bond acceptors (Lipinski definition) is 5. The van der Waals surface area contributed by atoms with Crippen molar-refractivity contribution >= 4 is 52.1 Å². The molecule has 0 aliphatic carbocycles. The molecule has 0 bridgehead atoms. The van der Waals surface area contributed by atoms with Crippen molar-refractivity contribution in [1.29, 1.82) is 0 Å². The maximum absolute atomic E-state index is 13.5. The van der Waals surface area contributed by atoms with Gasteiger partial charge in [0.15, 0.2) is 5.11 Å². The summed E-state index contributed by atoms with van der Waals surface area (Å²) in [5, 5.41) is 2.23. The van der Waals surface area contributed by atoms with Gasteiger partial charge in [0.1, 0.15) is 17.2 Å². The summed E-state index contributed by atoms with van der Waals surface area (Å²) < 4.78 is 26.6. The second kappa shape index (κ2) is 8.60. The van der Waals surface area contributed by atoms with Crippen molar-refractivity contribution in [2.24, 2.45) is 0 Å². The Balaban J connectivity index is 1.51. The van der Waals surface area contributed by atoms with Gasteiger partial charge in [-0.15, -0.1) is 0 Å². The molecule has 0 aromatic heterocycles.